The van der Waals surface area contributed by atoms with Gasteiger partial charge in [-0.05, 0) is 44.0 Å². The second kappa shape index (κ2) is 7.88. The number of carbonyl (C=O) groups is 1. The predicted octanol–water partition coefficient (Wildman–Crippen LogP) is 4.09. The summed E-state index contributed by atoms with van der Waals surface area (Å²) in [5.41, 5.74) is 0.731. The molecule has 0 spiro atoms. The maximum atomic E-state index is 12.1. The number of ether oxygens (including phenoxy) is 1. The van der Waals surface area contributed by atoms with Gasteiger partial charge in [0, 0.05) is 15.5 Å². The second-order valence-electron chi connectivity index (χ2n) is 4.33. The summed E-state index contributed by atoms with van der Waals surface area (Å²) >= 11 is 9.59. The Morgan fingerprint density at radius 1 is 1.47 bits per heavy atom. The van der Waals surface area contributed by atoms with E-state index in [2.05, 4.69) is 28.2 Å². The average molecular weight is 349 g/mol. The minimum atomic E-state index is -0.542. The number of benzene rings is 1. The minimum absolute atomic E-state index is 0.199. The van der Waals surface area contributed by atoms with Gasteiger partial charge in [0.15, 0.2) is 0 Å². The summed E-state index contributed by atoms with van der Waals surface area (Å²) in [6, 6.07) is 5.12. The highest BCUT2D eigenvalue weighted by Crippen LogP contribution is 2.28. The largest absolute Gasteiger partial charge is 0.465 e. The van der Waals surface area contributed by atoms with E-state index in [0.29, 0.717) is 11.6 Å². The lowest BCUT2D eigenvalue weighted by molar-refractivity contribution is -0.146. The maximum Gasteiger partial charge on any atom is 0.327 e. The van der Waals surface area contributed by atoms with Crippen LogP contribution < -0.4 is 5.32 Å². The highest BCUT2D eigenvalue weighted by atomic mass is 79.9. The third-order valence-corrected chi connectivity index (χ3v) is 3.69. The number of halogens is 2. The van der Waals surface area contributed by atoms with Crippen LogP contribution in [0, 0.1) is 0 Å². The number of hydrogen-bond donors (Lipinski definition) is 1. The van der Waals surface area contributed by atoms with Crippen LogP contribution in [-0.4, -0.2) is 18.6 Å². The zero-order chi connectivity index (χ0) is 14.4. The van der Waals surface area contributed by atoms with Crippen molar-refractivity contribution in [3.05, 3.63) is 33.3 Å². The molecule has 1 N–H and O–H groups in total. The van der Waals surface area contributed by atoms with Crippen LogP contribution in [0.1, 0.15) is 38.8 Å². The number of nitrogens with one attached hydrogen (secondary N) is 1. The lowest BCUT2D eigenvalue weighted by Gasteiger charge is -2.22. The van der Waals surface area contributed by atoms with E-state index in [9.17, 15) is 4.79 Å². The van der Waals surface area contributed by atoms with Crippen LogP contribution in [0.5, 0.6) is 0 Å². The van der Waals surface area contributed by atoms with Crippen molar-refractivity contribution < 1.29 is 9.53 Å². The number of carbonyl (C=O) groups excluding carboxylic acids is 1. The van der Waals surface area contributed by atoms with Crippen molar-refractivity contribution in [2.45, 2.75) is 39.3 Å². The van der Waals surface area contributed by atoms with Crippen LogP contribution in [0.4, 0.5) is 0 Å². The van der Waals surface area contributed by atoms with Crippen molar-refractivity contribution in [2.75, 3.05) is 6.61 Å². The first-order valence-electron chi connectivity index (χ1n) is 6.37. The molecule has 5 heteroatoms. The zero-order valence-electron chi connectivity index (χ0n) is 11.4. The van der Waals surface area contributed by atoms with Gasteiger partial charge in [-0.2, -0.15) is 0 Å². The van der Waals surface area contributed by atoms with Gasteiger partial charge in [-0.1, -0.05) is 34.5 Å². The number of hydrogen-bond acceptors (Lipinski definition) is 3. The van der Waals surface area contributed by atoms with E-state index in [0.717, 1.165) is 16.5 Å². The Hall–Kier alpha value is -0.580. The summed E-state index contributed by atoms with van der Waals surface area (Å²) in [5, 5.41) is 3.81. The first-order valence-corrected chi connectivity index (χ1v) is 7.54. The molecule has 1 rings (SSSR count). The van der Waals surface area contributed by atoms with Gasteiger partial charge in [0.25, 0.3) is 0 Å². The van der Waals surface area contributed by atoms with Crippen LogP contribution in [0.3, 0.4) is 0 Å². The van der Waals surface area contributed by atoms with E-state index in [4.69, 9.17) is 16.3 Å². The molecule has 3 nitrogen and oxygen atoms in total. The highest BCUT2D eigenvalue weighted by molar-refractivity contribution is 9.10. The molecule has 0 aliphatic carbocycles. The molecule has 2 unspecified atom stereocenters. The van der Waals surface area contributed by atoms with Gasteiger partial charge >= 0.3 is 5.97 Å². The molecular weight excluding hydrogens is 330 g/mol. The van der Waals surface area contributed by atoms with E-state index >= 15 is 0 Å². The Morgan fingerprint density at radius 3 is 2.74 bits per heavy atom. The Balaban J connectivity index is 3.07. The molecule has 0 radical (unpaired) electrons. The van der Waals surface area contributed by atoms with Crippen molar-refractivity contribution in [3.8, 4) is 0 Å². The van der Waals surface area contributed by atoms with Crippen molar-refractivity contribution >= 4 is 33.5 Å². The van der Waals surface area contributed by atoms with Crippen molar-refractivity contribution in [1.29, 1.82) is 0 Å². The second-order valence-corrected chi connectivity index (χ2v) is 5.65. The Labute approximate surface area is 127 Å². The molecule has 0 bridgehead atoms. The summed E-state index contributed by atoms with van der Waals surface area (Å²) in [6.07, 6.45) is 0.918. The van der Waals surface area contributed by atoms with Crippen LogP contribution in [0.15, 0.2) is 22.7 Å². The first kappa shape index (κ1) is 16.5. The van der Waals surface area contributed by atoms with Crippen LogP contribution in [-0.2, 0) is 9.53 Å². The Kier molecular flexibility index (Phi) is 6.83. The molecule has 0 heterocycles. The third-order valence-electron chi connectivity index (χ3n) is 2.85. The Morgan fingerprint density at radius 2 is 2.16 bits per heavy atom. The fraction of sp³-hybridized carbons (Fsp3) is 0.500. The van der Waals surface area contributed by atoms with E-state index in [-0.39, 0.29) is 12.0 Å². The normalized spacial score (nSPS) is 13.9. The lowest BCUT2D eigenvalue weighted by atomic mass is 10.1. The molecule has 106 valence electrons. The van der Waals surface area contributed by atoms with Gasteiger partial charge in [0.2, 0.25) is 0 Å². The highest BCUT2D eigenvalue weighted by Gasteiger charge is 2.25. The number of esters is 1. The van der Waals surface area contributed by atoms with Gasteiger partial charge < -0.3 is 4.74 Å². The molecule has 0 aliphatic rings. The molecule has 0 aliphatic heterocycles. The standard InChI is InChI=1S/C14H19BrClNO2/c1-4-9(3)17-13(14(18)19-5-2)11-8-10(15)6-7-12(11)16/h6-9,13,17H,4-5H2,1-3H3. The van der Waals surface area contributed by atoms with E-state index in [1.807, 2.05) is 19.1 Å². The van der Waals surface area contributed by atoms with Gasteiger partial charge in [0.05, 0.1) is 6.61 Å². The van der Waals surface area contributed by atoms with Crippen LogP contribution >= 0.6 is 27.5 Å². The van der Waals surface area contributed by atoms with E-state index < -0.39 is 6.04 Å². The molecule has 2 atom stereocenters. The van der Waals surface area contributed by atoms with E-state index in [1.54, 1.807) is 13.0 Å². The SMILES string of the molecule is CCOC(=O)C(NC(C)CC)c1cc(Br)ccc1Cl. The molecule has 0 fully saturated rings. The van der Waals surface area contributed by atoms with Gasteiger partial charge in [-0.3, -0.25) is 5.32 Å². The fourth-order valence-corrected chi connectivity index (χ4v) is 2.25. The fourth-order valence-electron chi connectivity index (χ4n) is 1.65. The van der Waals surface area contributed by atoms with Crippen LogP contribution in [0.2, 0.25) is 5.02 Å². The third kappa shape index (κ3) is 4.79. The topological polar surface area (TPSA) is 38.3 Å². The van der Waals surface area contributed by atoms with Gasteiger partial charge in [-0.15, -0.1) is 0 Å². The number of rotatable bonds is 6. The smallest absolute Gasteiger partial charge is 0.327 e. The predicted molar refractivity (Wildman–Crippen MR) is 81.4 cm³/mol. The summed E-state index contributed by atoms with van der Waals surface area (Å²) in [4.78, 5) is 12.1. The van der Waals surface area contributed by atoms with Crippen molar-refractivity contribution in [2.24, 2.45) is 0 Å². The molecule has 19 heavy (non-hydrogen) atoms. The lowest BCUT2D eigenvalue weighted by Crippen LogP contribution is -2.36. The molecular formula is C14H19BrClNO2. The molecule has 1 aromatic rings. The Bertz CT molecular complexity index is 439. The molecule has 0 saturated carbocycles. The van der Waals surface area contributed by atoms with Crippen LogP contribution in [0.25, 0.3) is 0 Å². The monoisotopic (exact) mass is 347 g/mol. The van der Waals surface area contributed by atoms with E-state index in [1.165, 1.54) is 0 Å². The maximum absolute atomic E-state index is 12.1. The van der Waals surface area contributed by atoms with Crippen molar-refractivity contribution in [1.82, 2.24) is 5.32 Å². The zero-order valence-corrected chi connectivity index (χ0v) is 13.7. The molecule has 0 saturated heterocycles. The summed E-state index contributed by atoms with van der Waals surface area (Å²) in [5.74, 6) is -0.303. The van der Waals surface area contributed by atoms with Gasteiger partial charge in [-0.25, -0.2) is 4.79 Å². The molecule has 0 aromatic heterocycles. The minimum Gasteiger partial charge on any atom is -0.465 e. The first-order chi connectivity index (χ1) is 8.99. The molecule has 1 aromatic carbocycles. The summed E-state index contributed by atoms with van der Waals surface area (Å²) in [6.45, 7) is 6.23. The quantitative estimate of drug-likeness (QED) is 0.787. The van der Waals surface area contributed by atoms with Crippen molar-refractivity contribution in [3.63, 3.8) is 0 Å². The molecule has 0 amide bonds. The van der Waals surface area contributed by atoms with Gasteiger partial charge in [0.1, 0.15) is 6.04 Å². The summed E-state index contributed by atoms with van der Waals surface area (Å²) in [7, 11) is 0. The average Bonchev–Trinajstić information content (AvgIpc) is 2.39. The summed E-state index contributed by atoms with van der Waals surface area (Å²) < 4.78 is 6.00.